The summed E-state index contributed by atoms with van der Waals surface area (Å²) in [5.74, 6) is -0.314. The van der Waals surface area contributed by atoms with Crippen LogP contribution in [0.5, 0.6) is 0 Å². The summed E-state index contributed by atoms with van der Waals surface area (Å²) in [4.78, 5) is 24.4. The Hall–Kier alpha value is -4.43. The van der Waals surface area contributed by atoms with Crippen LogP contribution in [0.4, 0.5) is 10.1 Å². The highest BCUT2D eigenvalue weighted by atomic mass is 19.1. The van der Waals surface area contributed by atoms with Crippen LogP contribution < -0.4 is 5.32 Å². The first-order valence-electron chi connectivity index (χ1n) is 13.7. The first kappa shape index (κ1) is 25.8. The minimum atomic E-state index is -1.03. The smallest absolute Gasteiger partial charge is 0.276 e. The van der Waals surface area contributed by atoms with Gasteiger partial charge in [0.1, 0.15) is 5.67 Å². The number of aromatic amines is 1. The van der Waals surface area contributed by atoms with Crippen molar-refractivity contribution < 1.29 is 9.18 Å². The third-order valence-electron chi connectivity index (χ3n) is 7.79. The minimum Gasteiger partial charge on any atom is -0.319 e. The molecular formula is C32H31FN6O. The van der Waals surface area contributed by atoms with E-state index in [0.717, 1.165) is 58.5 Å². The summed E-state index contributed by atoms with van der Waals surface area (Å²) < 4.78 is 14.6. The van der Waals surface area contributed by atoms with E-state index < -0.39 is 5.67 Å². The van der Waals surface area contributed by atoms with E-state index in [1.807, 2.05) is 80.0 Å². The predicted molar refractivity (Wildman–Crippen MR) is 156 cm³/mol. The predicted octanol–water partition coefficient (Wildman–Crippen LogP) is 6.65. The maximum Gasteiger partial charge on any atom is 0.276 e. The van der Waals surface area contributed by atoms with Crippen molar-refractivity contribution in [1.82, 2.24) is 25.1 Å². The third kappa shape index (κ3) is 5.49. The molecule has 202 valence electrons. The van der Waals surface area contributed by atoms with Crippen molar-refractivity contribution >= 4 is 22.5 Å². The maximum atomic E-state index is 14.6. The van der Waals surface area contributed by atoms with Gasteiger partial charge in [-0.25, -0.2) is 4.39 Å². The van der Waals surface area contributed by atoms with Crippen LogP contribution in [0.1, 0.15) is 42.2 Å². The molecule has 1 fully saturated rings. The lowest BCUT2D eigenvalue weighted by Gasteiger charge is -2.35. The summed E-state index contributed by atoms with van der Waals surface area (Å²) in [6, 6.07) is 21.6. The number of rotatable bonds is 7. The number of hydrogen-bond donors (Lipinski definition) is 2. The van der Waals surface area contributed by atoms with Crippen LogP contribution in [0, 0.1) is 0 Å². The first-order chi connectivity index (χ1) is 19.5. The lowest BCUT2D eigenvalue weighted by Crippen LogP contribution is -2.40. The number of nitrogens with zero attached hydrogens (tertiary/aromatic N) is 4. The van der Waals surface area contributed by atoms with E-state index in [1.54, 1.807) is 6.20 Å². The number of anilines is 1. The van der Waals surface area contributed by atoms with Crippen LogP contribution in [-0.2, 0) is 6.54 Å². The van der Waals surface area contributed by atoms with Crippen molar-refractivity contribution in [3.05, 3.63) is 96.6 Å². The third-order valence-corrected chi connectivity index (χ3v) is 7.79. The molecule has 0 atom stereocenters. The van der Waals surface area contributed by atoms with E-state index in [1.165, 1.54) is 0 Å². The quantitative estimate of drug-likeness (QED) is 0.244. The van der Waals surface area contributed by atoms with Gasteiger partial charge in [-0.3, -0.25) is 24.8 Å². The number of halogens is 1. The molecule has 0 saturated carbocycles. The lowest BCUT2D eigenvalue weighted by atomic mass is 9.90. The Balaban J connectivity index is 1.18. The average Bonchev–Trinajstić information content (AvgIpc) is 3.43. The molecule has 7 nitrogen and oxygen atoms in total. The zero-order chi connectivity index (χ0) is 27.5. The van der Waals surface area contributed by atoms with Crippen LogP contribution in [0.2, 0.25) is 0 Å². The van der Waals surface area contributed by atoms with Crippen LogP contribution in [-0.4, -0.2) is 49.7 Å². The summed E-state index contributed by atoms with van der Waals surface area (Å²) in [6.45, 7) is 4.16. The lowest BCUT2D eigenvalue weighted by molar-refractivity contribution is 0.0518. The number of aromatic nitrogens is 4. The topological polar surface area (TPSA) is 86.8 Å². The Morgan fingerprint density at radius 2 is 1.80 bits per heavy atom. The molecule has 0 radical (unpaired) electrons. The van der Waals surface area contributed by atoms with Crippen molar-refractivity contribution in [2.24, 2.45) is 0 Å². The number of alkyl halides is 1. The Morgan fingerprint density at radius 1 is 0.975 bits per heavy atom. The van der Waals surface area contributed by atoms with E-state index in [4.69, 9.17) is 0 Å². The molecule has 0 unspecified atom stereocenters. The second-order valence-corrected chi connectivity index (χ2v) is 10.4. The molecule has 3 aromatic heterocycles. The van der Waals surface area contributed by atoms with E-state index in [9.17, 15) is 9.18 Å². The molecule has 8 heteroatoms. The number of amides is 1. The molecule has 0 bridgehead atoms. The van der Waals surface area contributed by atoms with Gasteiger partial charge in [0.15, 0.2) is 5.69 Å². The zero-order valence-electron chi connectivity index (χ0n) is 22.4. The van der Waals surface area contributed by atoms with Crippen molar-refractivity contribution in [3.63, 3.8) is 0 Å². The second-order valence-electron chi connectivity index (χ2n) is 10.4. The molecule has 1 saturated heterocycles. The summed E-state index contributed by atoms with van der Waals surface area (Å²) in [5, 5.41) is 10.9. The number of likely N-dealkylation sites (tertiary alicyclic amines) is 1. The molecule has 4 heterocycles. The average molecular weight is 535 g/mol. The van der Waals surface area contributed by atoms with Gasteiger partial charge in [-0.2, -0.15) is 5.10 Å². The molecule has 40 heavy (non-hydrogen) atoms. The van der Waals surface area contributed by atoms with E-state index in [2.05, 4.69) is 36.4 Å². The minimum absolute atomic E-state index is 0.312. The van der Waals surface area contributed by atoms with Gasteiger partial charge >= 0.3 is 0 Å². The molecule has 0 spiro atoms. The normalized spacial score (nSPS) is 15.2. The molecular weight excluding hydrogens is 503 g/mol. The second kappa shape index (κ2) is 11.0. The van der Waals surface area contributed by atoms with E-state index >= 15 is 0 Å². The summed E-state index contributed by atoms with van der Waals surface area (Å²) in [6.07, 6.45) is 7.07. The van der Waals surface area contributed by atoms with Crippen LogP contribution >= 0.6 is 0 Å². The standard InChI is InChI=1S/C32H31FN6O/c1-2-32(33)12-14-39(15-13-32)21-22-16-25(19-34-18-22)24-8-10-29-27(17-24)30(38-37-29)31(40)36-26-9-11-28(35-20-26)23-6-4-3-5-7-23/h3-11,16-20H,2,12-15,21H2,1H3,(H,36,40)(H,37,38). The molecule has 6 rings (SSSR count). The highest BCUT2D eigenvalue weighted by Gasteiger charge is 2.32. The van der Waals surface area contributed by atoms with Crippen molar-refractivity contribution in [1.29, 1.82) is 0 Å². The van der Waals surface area contributed by atoms with Crippen LogP contribution in [0.3, 0.4) is 0 Å². The molecule has 2 aromatic carbocycles. The molecule has 1 aliphatic heterocycles. The Kier molecular flexibility index (Phi) is 7.09. The van der Waals surface area contributed by atoms with Gasteiger partial charge in [-0.1, -0.05) is 43.3 Å². The Morgan fingerprint density at radius 3 is 2.55 bits per heavy atom. The van der Waals surface area contributed by atoms with Gasteiger partial charge in [0.05, 0.1) is 23.1 Å². The number of pyridine rings is 2. The number of fused-ring (bicyclic) bond motifs is 1. The summed E-state index contributed by atoms with van der Waals surface area (Å²) in [7, 11) is 0. The van der Waals surface area contributed by atoms with Gasteiger partial charge in [0.25, 0.3) is 5.91 Å². The number of carbonyl (C=O) groups excluding carboxylic acids is 1. The van der Waals surface area contributed by atoms with Crippen molar-refractivity contribution in [2.75, 3.05) is 18.4 Å². The van der Waals surface area contributed by atoms with Gasteiger partial charge in [0, 0.05) is 48.5 Å². The van der Waals surface area contributed by atoms with Crippen LogP contribution in [0.15, 0.2) is 85.3 Å². The highest BCUT2D eigenvalue weighted by molar-refractivity contribution is 6.11. The Bertz CT molecular complexity index is 1620. The number of benzene rings is 2. The fourth-order valence-corrected chi connectivity index (χ4v) is 5.26. The number of hydrogen-bond acceptors (Lipinski definition) is 5. The maximum absolute atomic E-state index is 14.6. The summed E-state index contributed by atoms with van der Waals surface area (Å²) in [5.41, 5.74) is 5.48. The largest absolute Gasteiger partial charge is 0.319 e. The summed E-state index contributed by atoms with van der Waals surface area (Å²) >= 11 is 0. The van der Waals surface area contributed by atoms with Gasteiger partial charge in [-0.15, -0.1) is 0 Å². The molecule has 1 amide bonds. The SMILES string of the molecule is CCC1(F)CCN(Cc2cncc(-c3ccc4[nH]nc(C(=O)Nc5ccc(-c6ccccc6)nc5)c4c3)c2)CC1. The molecule has 5 aromatic rings. The van der Waals surface area contributed by atoms with Crippen molar-refractivity contribution in [2.45, 2.75) is 38.4 Å². The molecule has 2 N–H and O–H groups in total. The van der Waals surface area contributed by atoms with E-state index in [0.29, 0.717) is 30.6 Å². The van der Waals surface area contributed by atoms with E-state index in [-0.39, 0.29) is 5.91 Å². The molecule has 1 aliphatic rings. The van der Waals surface area contributed by atoms with Gasteiger partial charge in [-0.05, 0) is 60.7 Å². The number of H-pyrrole nitrogens is 1. The molecule has 0 aliphatic carbocycles. The number of piperidine rings is 1. The number of carbonyl (C=O) groups is 1. The fourth-order valence-electron chi connectivity index (χ4n) is 5.26. The van der Waals surface area contributed by atoms with Crippen LogP contribution in [0.25, 0.3) is 33.3 Å². The monoisotopic (exact) mass is 534 g/mol. The van der Waals surface area contributed by atoms with Crippen molar-refractivity contribution in [3.8, 4) is 22.4 Å². The zero-order valence-corrected chi connectivity index (χ0v) is 22.4. The Labute approximate surface area is 232 Å². The first-order valence-corrected chi connectivity index (χ1v) is 13.7. The fraction of sp³-hybridized carbons (Fsp3) is 0.250. The number of nitrogens with one attached hydrogen (secondary N) is 2. The highest BCUT2D eigenvalue weighted by Crippen LogP contribution is 2.31. The van der Waals surface area contributed by atoms with Gasteiger partial charge in [0.2, 0.25) is 0 Å². The van der Waals surface area contributed by atoms with Gasteiger partial charge < -0.3 is 5.32 Å².